The molecule has 0 aliphatic carbocycles. The first-order valence-electron chi connectivity index (χ1n) is 5.63. The summed E-state index contributed by atoms with van der Waals surface area (Å²) in [5.41, 5.74) is 0. The van der Waals surface area contributed by atoms with Gasteiger partial charge in [0.25, 0.3) is 0 Å². The van der Waals surface area contributed by atoms with Gasteiger partial charge in [-0.1, -0.05) is 27.7 Å². The molecule has 4 nitrogen and oxygen atoms in total. The van der Waals surface area contributed by atoms with Gasteiger partial charge < -0.3 is 8.85 Å². The first-order valence-corrected chi connectivity index (χ1v) is 7.34. The molecular formula is C10H24N2O2Si. The fourth-order valence-corrected chi connectivity index (χ4v) is 5.89. The third-order valence-corrected chi connectivity index (χ3v) is 7.08. The second-order valence-corrected chi connectivity index (χ2v) is 7.59. The molecule has 90 valence electrons. The summed E-state index contributed by atoms with van der Waals surface area (Å²) in [6.45, 7) is 10.9. The second kappa shape index (κ2) is 4.93. The monoisotopic (exact) mass is 232 g/mol. The van der Waals surface area contributed by atoms with Crippen molar-refractivity contribution in [2.75, 3.05) is 27.3 Å². The topological polar surface area (TPSA) is 24.9 Å². The third-order valence-electron chi connectivity index (χ3n) is 3.09. The number of rotatable bonds is 4. The maximum atomic E-state index is 5.76. The molecule has 0 aromatic carbocycles. The fourth-order valence-electron chi connectivity index (χ4n) is 2.38. The van der Waals surface area contributed by atoms with Gasteiger partial charge in [-0.05, 0) is 0 Å². The van der Waals surface area contributed by atoms with Crippen LogP contribution in [0.2, 0.25) is 0 Å². The highest BCUT2D eigenvalue weighted by Crippen LogP contribution is 2.27. The van der Waals surface area contributed by atoms with Crippen LogP contribution in [0, 0.1) is 0 Å². The van der Waals surface area contributed by atoms with Crippen molar-refractivity contribution < 1.29 is 8.85 Å². The summed E-state index contributed by atoms with van der Waals surface area (Å²) < 4.78 is 16.3. The minimum atomic E-state index is -2.30. The van der Waals surface area contributed by atoms with Crippen LogP contribution in [0.15, 0.2) is 0 Å². The van der Waals surface area contributed by atoms with E-state index in [1.54, 1.807) is 14.2 Å². The molecule has 0 aromatic rings. The highest BCUT2D eigenvalue weighted by molar-refractivity contribution is 6.62. The molecule has 0 unspecified atom stereocenters. The van der Waals surface area contributed by atoms with Gasteiger partial charge in [-0.3, -0.25) is 9.13 Å². The molecule has 1 aliphatic rings. The fraction of sp³-hybridized carbons (Fsp3) is 1.00. The average molecular weight is 232 g/mol. The SMILES string of the molecule is CO[Si]1(OC)N(C(C)C)CCN1C(C)C. The van der Waals surface area contributed by atoms with Crippen LogP contribution in [0.25, 0.3) is 0 Å². The molecule has 0 radical (unpaired) electrons. The Kier molecular flexibility index (Phi) is 4.31. The Balaban J connectivity index is 2.96. The lowest BCUT2D eigenvalue weighted by molar-refractivity contribution is 0.116. The van der Waals surface area contributed by atoms with Crippen LogP contribution in [-0.2, 0) is 8.85 Å². The van der Waals surface area contributed by atoms with Gasteiger partial charge in [-0.25, -0.2) is 0 Å². The van der Waals surface area contributed by atoms with Crippen LogP contribution in [0.5, 0.6) is 0 Å². The standard InChI is InChI=1S/C10H24N2O2Si/c1-9(2)11-7-8-12(10(3)4)15(11,13-5)14-6/h9-10H,7-8H2,1-6H3. The van der Waals surface area contributed by atoms with Crippen molar-refractivity contribution in [2.45, 2.75) is 39.8 Å². The maximum absolute atomic E-state index is 5.76. The Bertz CT molecular complexity index is 190. The molecule has 1 rings (SSSR count). The van der Waals surface area contributed by atoms with Crippen LogP contribution in [0.1, 0.15) is 27.7 Å². The van der Waals surface area contributed by atoms with Gasteiger partial charge in [-0.15, -0.1) is 0 Å². The Labute approximate surface area is 94.6 Å². The molecule has 1 aliphatic heterocycles. The Morgan fingerprint density at radius 3 is 1.40 bits per heavy atom. The maximum Gasteiger partial charge on any atom is 0.522 e. The highest BCUT2D eigenvalue weighted by atomic mass is 28.4. The van der Waals surface area contributed by atoms with Crippen LogP contribution < -0.4 is 0 Å². The third kappa shape index (κ3) is 2.12. The lowest BCUT2D eigenvalue weighted by Crippen LogP contribution is -2.65. The molecule has 0 amide bonds. The molecule has 1 saturated heterocycles. The number of hydrogen-bond donors (Lipinski definition) is 0. The minimum absolute atomic E-state index is 0.473. The molecular weight excluding hydrogens is 208 g/mol. The summed E-state index contributed by atoms with van der Waals surface area (Å²) >= 11 is 0. The van der Waals surface area contributed by atoms with E-state index in [2.05, 4.69) is 36.8 Å². The normalized spacial score (nSPS) is 23.2. The average Bonchev–Trinajstić information content (AvgIpc) is 2.57. The van der Waals surface area contributed by atoms with Crippen LogP contribution >= 0.6 is 0 Å². The summed E-state index contributed by atoms with van der Waals surface area (Å²) in [6.07, 6.45) is 0. The molecule has 0 bridgehead atoms. The Hall–Kier alpha value is 0.0569. The summed E-state index contributed by atoms with van der Waals surface area (Å²) in [5.74, 6) is 0. The zero-order valence-electron chi connectivity index (χ0n) is 10.8. The van der Waals surface area contributed by atoms with Gasteiger partial charge in [0.2, 0.25) is 0 Å². The van der Waals surface area contributed by atoms with Gasteiger partial charge in [0.15, 0.2) is 0 Å². The number of hydrogen-bond acceptors (Lipinski definition) is 4. The molecule has 5 heteroatoms. The first kappa shape index (κ1) is 13.1. The summed E-state index contributed by atoms with van der Waals surface area (Å²) in [4.78, 5) is 0. The van der Waals surface area contributed by atoms with E-state index in [-0.39, 0.29) is 0 Å². The predicted molar refractivity (Wildman–Crippen MR) is 63.5 cm³/mol. The zero-order valence-corrected chi connectivity index (χ0v) is 11.8. The summed E-state index contributed by atoms with van der Waals surface area (Å²) in [6, 6.07) is 0.945. The lowest BCUT2D eigenvalue weighted by atomic mass is 10.3. The van der Waals surface area contributed by atoms with E-state index in [4.69, 9.17) is 8.85 Å². The Morgan fingerprint density at radius 2 is 1.20 bits per heavy atom. The zero-order chi connectivity index (χ0) is 11.6. The van der Waals surface area contributed by atoms with Crippen LogP contribution in [-0.4, -0.2) is 57.4 Å². The van der Waals surface area contributed by atoms with Gasteiger partial charge in [0.05, 0.1) is 0 Å². The van der Waals surface area contributed by atoms with Gasteiger partial charge >= 0.3 is 8.88 Å². The first-order chi connectivity index (χ1) is 6.99. The second-order valence-electron chi connectivity index (χ2n) is 4.53. The highest BCUT2D eigenvalue weighted by Gasteiger charge is 2.56. The molecule has 0 spiro atoms. The van der Waals surface area contributed by atoms with E-state index < -0.39 is 8.88 Å². The molecule has 0 atom stereocenters. The van der Waals surface area contributed by atoms with E-state index >= 15 is 0 Å². The smallest absolute Gasteiger partial charge is 0.374 e. The van der Waals surface area contributed by atoms with Gasteiger partial charge in [0, 0.05) is 39.4 Å². The molecule has 0 aromatic heterocycles. The van der Waals surface area contributed by atoms with Crippen LogP contribution in [0.3, 0.4) is 0 Å². The lowest BCUT2D eigenvalue weighted by Gasteiger charge is -2.39. The van der Waals surface area contributed by atoms with Crippen molar-refractivity contribution in [2.24, 2.45) is 0 Å². The van der Waals surface area contributed by atoms with Crippen molar-refractivity contribution in [3.8, 4) is 0 Å². The van der Waals surface area contributed by atoms with Crippen molar-refractivity contribution in [3.05, 3.63) is 0 Å². The summed E-state index contributed by atoms with van der Waals surface area (Å²) in [7, 11) is 1.24. The van der Waals surface area contributed by atoms with Gasteiger partial charge in [0.1, 0.15) is 0 Å². The van der Waals surface area contributed by atoms with Crippen molar-refractivity contribution in [1.29, 1.82) is 0 Å². The van der Waals surface area contributed by atoms with E-state index in [0.29, 0.717) is 12.1 Å². The summed E-state index contributed by atoms with van der Waals surface area (Å²) in [5, 5.41) is 0. The van der Waals surface area contributed by atoms with Crippen molar-refractivity contribution in [3.63, 3.8) is 0 Å². The molecule has 1 fully saturated rings. The van der Waals surface area contributed by atoms with E-state index in [1.807, 2.05) is 0 Å². The van der Waals surface area contributed by atoms with E-state index in [0.717, 1.165) is 13.1 Å². The van der Waals surface area contributed by atoms with Gasteiger partial charge in [-0.2, -0.15) is 0 Å². The van der Waals surface area contributed by atoms with Crippen molar-refractivity contribution >= 4 is 8.88 Å². The molecule has 1 heterocycles. The largest absolute Gasteiger partial charge is 0.522 e. The molecule has 0 saturated carbocycles. The quantitative estimate of drug-likeness (QED) is 0.679. The molecule has 0 N–H and O–H groups in total. The van der Waals surface area contributed by atoms with Crippen molar-refractivity contribution in [1.82, 2.24) is 9.13 Å². The molecule has 15 heavy (non-hydrogen) atoms. The minimum Gasteiger partial charge on any atom is -0.374 e. The van der Waals surface area contributed by atoms with Crippen LogP contribution in [0.4, 0.5) is 0 Å². The Morgan fingerprint density at radius 1 is 0.867 bits per heavy atom. The predicted octanol–water partition coefficient (Wildman–Crippen LogP) is 1.15. The number of nitrogens with zero attached hydrogens (tertiary/aromatic N) is 2. The van der Waals surface area contributed by atoms with E-state index in [1.165, 1.54) is 0 Å². The van der Waals surface area contributed by atoms with E-state index in [9.17, 15) is 0 Å².